The van der Waals surface area contributed by atoms with E-state index in [1.54, 1.807) is 13.3 Å². The summed E-state index contributed by atoms with van der Waals surface area (Å²) in [5.41, 5.74) is 3.03. The largest absolute Gasteiger partial charge is 0.383 e. The van der Waals surface area contributed by atoms with Crippen molar-refractivity contribution < 1.29 is 4.74 Å². The maximum Gasteiger partial charge on any atom is 0.174 e. The van der Waals surface area contributed by atoms with Gasteiger partial charge in [0.2, 0.25) is 0 Å². The lowest BCUT2D eigenvalue weighted by atomic mass is 10.1. The van der Waals surface area contributed by atoms with E-state index in [-0.39, 0.29) is 6.04 Å². The summed E-state index contributed by atoms with van der Waals surface area (Å²) in [5.74, 6) is 0. The lowest BCUT2D eigenvalue weighted by Crippen LogP contribution is -2.39. The molecule has 0 saturated carbocycles. The van der Waals surface area contributed by atoms with Gasteiger partial charge < -0.3 is 15.0 Å². The van der Waals surface area contributed by atoms with Crippen molar-refractivity contribution in [3.05, 3.63) is 58.9 Å². The molecule has 24 heavy (non-hydrogen) atoms. The minimum atomic E-state index is 0.0854. The number of thiocarbonyl (C=S) groups is 1. The van der Waals surface area contributed by atoms with Crippen LogP contribution < -0.4 is 5.32 Å². The van der Waals surface area contributed by atoms with Gasteiger partial charge in [-0.2, -0.15) is 0 Å². The molecule has 0 aliphatic rings. The first kappa shape index (κ1) is 18.6. The van der Waals surface area contributed by atoms with Crippen LogP contribution in [0.3, 0.4) is 0 Å². The summed E-state index contributed by atoms with van der Waals surface area (Å²) in [6.07, 6.45) is 3.63. The molecule has 0 spiro atoms. The standard InChI is InChI=1S/C18H22ClN3OS/c1-13-11-16(6-7-17(13)19)21-18(24)22(9-10-23-3)14(2)15-5-4-8-20-12-15/h4-8,11-12,14H,9-10H2,1-3H3,(H,21,24)/t14-/m0/s1. The molecule has 2 rings (SSSR count). The monoisotopic (exact) mass is 363 g/mol. The number of pyridine rings is 1. The van der Waals surface area contributed by atoms with Gasteiger partial charge in [-0.1, -0.05) is 17.7 Å². The molecule has 4 nitrogen and oxygen atoms in total. The van der Waals surface area contributed by atoms with Crippen molar-refractivity contribution in [2.45, 2.75) is 19.9 Å². The van der Waals surface area contributed by atoms with Gasteiger partial charge in [-0.05, 0) is 61.5 Å². The van der Waals surface area contributed by atoms with Crippen LogP contribution >= 0.6 is 23.8 Å². The number of nitrogens with zero attached hydrogens (tertiary/aromatic N) is 2. The lowest BCUT2D eigenvalue weighted by molar-refractivity contribution is 0.165. The van der Waals surface area contributed by atoms with Gasteiger partial charge in [0.1, 0.15) is 0 Å². The van der Waals surface area contributed by atoms with Crippen LogP contribution in [0.4, 0.5) is 5.69 Å². The lowest BCUT2D eigenvalue weighted by Gasteiger charge is -2.32. The second-order valence-electron chi connectivity index (χ2n) is 5.54. The van der Waals surface area contributed by atoms with Gasteiger partial charge in [-0.3, -0.25) is 4.98 Å². The molecule has 2 aromatic rings. The fourth-order valence-corrected chi connectivity index (χ4v) is 2.87. The van der Waals surface area contributed by atoms with Crippen LogP contribution in [0.2, 0.25) is 5.02 Å². The predicted molar refractivity (Wildman–Crippen MR) is 104 cm³/mol. The highest BCUT2D eigenvalue weighted by Gasteiger charge is 2.19. The Morgan fingerprint density at radius 2 is 2.21 bits per heavy atom. The van der Waals surface area contributed by atoms with Gasteiger partial charge >= 0.3 is 0 Å². The van der Waals surface area contributed by atoms with Crippen LogP contribution in [-0.2, 0) is 4.74 Å². The second kappa shape index (κ2) is 8.97. The zero-order chi connectivity index (χ0) is 17.5. The van der Waals surface area contributed by atoms with E-state index in [1.807, 2.05) is 43.5 Å². The highest BCUT2D eigenvalue weighted by Crippen LogP contribution is 2.23. The number of halogens is 1. The zero-order valence-corrected chi connectivity index (χ0v) is 15.7. The van der Waals surface area contributed by atoms with Crippen molar-refractivity contribution in [3.63, 3.8) is 0 Å². The van der Waals surface area contributed by atoms with Crippen LogP contribution in [0.5, 0.6) is 0 Å². The number of benzene rings is 1. The van der Waals surface area contributed by atoms with Gasteiger partial charge in [0.05, 0.1) is 12.6 Å². The number of anilines is 1. The smallest absolute Gasteiger partial charge is 0.174 e. The van der Waals surface area contributed by atoms with Gasteiger partial charge in [0.25, 0.3) is 0 Å². The first-order chi connectivity index (χ1) is 11.5. The minimum absolute atomic E-state index is 0.0854. The number of ether oxygens (including phenoxy) is 1. The third kappa shape index (κ3) is 4.90. The minimum Gasteiger partial charge on any atom is -0.383 e. The van der Waals surface area contributed by atoms with Crippen LogP contribution in [0, 0.1) is 6.92 Å². The first-order valence-corrected chi connectivity index (χ1v) is 8.54. The van der Waals surface area contributed by atoms with Crippen molar-refractivity contribution in [1.29, 1.82) is 0 Å². The van der Waals surface area contributed by atoms with Crippen LogP contribution in [-0.4, -0.2) is 35.3 Å². The van der Waals surface area contributed by atoms with E-state index < -0.39 is 0 Å². The summed E-state index contributed by atoms with van der Waals surface area (Å²) in [7, 11) is 1.69. The van der Waals surface area contributed by atoms with Gasteiger partial charge in [-0.25, -0.2) is 0 Å². The topological polar surface area (TPSA) is 37.4 Å². The summed E-state index contributed by atoms with van der Waals surface area (Å²) in [6.45, 7) is 5.35. The molecule has 0 aliphatic carbocycles. The Hall–Kier alpha value is -1.69. The third-order valence-corrected chi connectivity index (χ3v) is 4.60. The fourth-order valence-electron chi connectivity index (χ4n) is 2.38. The van der Waals surface area contributed by atoms with Gasteiger partial charge in [0.15, 0.2) is 5.11 Å². The number of nitrogens with one attached hydrogen (secondary N) is 1. The summed E-state index contributed by atoms with van der Waals surface area (Å²) in [4.78, 5) is 6.29. The molecular weight excluding hydrogens is 342 g/mol. The average molecular weight is 364 g/mol. The van der Waals surface area contributed by atoms with E-state index in [0.717, 1.165) is 21.8 Å². The van der Waals surface area contributed by atoms with Crippen LogP contribution in [0.15, 0.2) is 42.7 Å². The normalized spacial score (nSPS) is 11.8. The Kier molecular flexibility index (Phi) is 6.97. The second-order valence-corrected chi connectivity index (χ2v) is 6.34. The summed E-state index contributed by atoms with van der Waals surface area (Å²) < 4.78 is 5.23. The Balaban J connectivity index is 2.16. The maximum absolute atomic E-state index is 6.08. The molecule has 0 aliphatic heterocycles. The average Bonchev–Trinajstić information content (AvgIpc) is 2.59. The summed E-state index contributed by atoms with van der Waals surface area (Å²) >= 11 is 11.7. The van der Waals surface area contributed by atoms with Crippen LogP contribution in [0.25, 0.3) is 0 Å². The van der Waals surface area contributed by atoms with Crippen molar-refractivity contribution >= 4 is 34.6 Å². The van der Waals surface area contributed by atoms with E-state index in [9.17, 15) is 0 Å². The van der Waals surface area contributed by atoms with E-state index in [1.165, 1.54) is 0 Å². The number of hydrogen-bond donors (Lipinski definition) is 1. The van der Waals surface area contributed by atoms with Crippen molar-refractivity contribution in [1.82, 2.24) is 9.88 Å². The van der Waals surface area contributed by atoms with Crippen molar-refractivity contribution in [2.24, 2.45) is 0 Å². The molecule has 1 heterocycles. The molecule has 0 radical (unpaired) electrons. The van der Waals surface area contributed by atoms with E-state index in [4.69, 9.17) is 28.6 Å². The molecule has 0 saturated heterocycles. The first-order valence-electron chi connectivity index (χ1n) is 7.75. The summed E-state index contributed by atoms with van der Waals surface area (Å²) in [6, 6.07) is 9.84. The molecule has 6 heteroatoms. The molecule has 1 aromatic heterocycles. The fraction of sp³-hybridized carbons (Fsp3) is 0.333. The Morgan fingerprint density at radius 3 is 2.83 bits per heavy atom. The SMILES string of the molecule is COCCN(C(=S)Nc1ccc(Cl)c(C)c1)[C@@H](C)c1cccnc1. The number of rotatable bonds is 6. The Labute approximate surface area is 153 Å². The third-order valence-electron chi connectivity index (χ3n) is 3.84. The van der Waals surface area contributed by atoms with Crippen molar-refractivity contribution in [2.75, 3.05) is 25.6 Å². The van der Waals surface area contributed by atoms with Crippen molar-refractivity contribution in [3.8, 4) is 0 Å². The number of aryl methyl sites for hydroxylation is 1. The molecule has 0 amide bonds. The molecule has 0 fully saturated rings. The molecule has 1 atom stereocenters. The summed E-state index contributed by atoms with van der Waals surface area (Å²) in [5, 5.41) is 4.68. The van der Waals surface area contributed by atoms with E-state index in [2.05, 4.69) is 22.1 Å². The Bertz CT molecular complexity index is 681. The number of methoxy groups -OCH3 is 1. The molecular formula is C18H22ClN3OS. The van der Waals surface area contributed by atoms with E-state index in [0.29, 0.717) is 18.3 Å². The quantitative estimate of drug-likeness (QED) is 0.767. The maximum atomic E-state index is 6.08. The van der Waals surface area contributed by atoms with Gasteiger partial charge in [0, 0.05) is 36.8 Å². The van der Waals surface area contributed by atoms with Crippen LogP contribution in [0.1, 0.15) is 24.1 Å². The highest BCUT2D eigenvalue weighted by atomic mass is 35.5. The molecule has 128 valence electrons. The predicted octanol–water partition coefficient (Wildman–Crippen LogP) is 4.45. The molecule has 1 N–H and O–H groups in total. The zero-order valence-electron chi connectivity index (χ0n) is 14.1. The molecule has 0 unspecified atom stereocenters. The Morgan fingerprint density at radius 1 is 1.42 bits per heavy atom. The molecule has 1 aromatic carbocycles. The highest BCUT2D eigenvalue weighted by molar-refractivity contribution is 7.80. The number of aromatic nitrogens is 1. The van der Waals surface area contributed by atoms with Gasteiger partial charge in [-0.15, -0.1) is 0 Å². The number of hydrogen-bond acceptors (Lipinski definition) is 3. The van der Waals surface area contributed by atoms with E-state index >= 15 is 0 Å². The molecule has 0 bridgehead atoms.